The molecule has 2 aliphatic heterocycles. The number of aliphatic hydroxyl groups is 1. The summed E-state index contributed by atoms with van der Waals surface area (Å²) in [6.45, 7) is 3.85. The van der Waals surface area contributed by atoms with E-state index in [0.717, 1.165) is 31.5 Å². The average molecular weight is 239 g/mol. The van der Waals surface area contributed by atoms with Crippen molar-refractivity contribution < 1.29 is 9.84 Å². The molecule has 0 aromatic carbocycles. The third-order valence-corrected chi connectivity index (χ3v) is 5.08. The van der Waals surface area contributed by atoms with Gasteiger partial charge in [0.15, 0.2) is 0 Å². The van der Waals surface area contributed by atoms with E-state index >= 15 is 0 Å². The zero-order chi connectivity index (χ0) is 11.7. The minimum Gasteiger partial charge on any atom is -0.391 e. The number of hydrogen-bond acceptors (Lipinski definition) is 3. The molecule has 0 aromatic rings. The molecule has 2 saturated heterocycles. The molecule has 3 aliphatic rings. The number of piperidine rings is 1. The van der Waals surface area contributed by atoms with Crippen LogP contribution in [0.15, 0.2) is 0 Å². The molecule has 4 atom stereocenters. The summed E-state index contributed by atoms with van der Waals surface area (Å²) in [6.07, 6.45) is 7.70. The van der Waals surface area contributed by atoms with Gasteiger partial charge < -0.3 is 9.84 Å². The number of aliphatic hydroxyl groups excluding tert-OH is 1. The van der Waals surface area contributed by atoms with Crippen molar-refractivity contribution in [3.8, 4) is 0 Å². The Morgan fingerprint density at radius 2 is 1.82 bits per heavy atom. The molecule has 3 rings (SSSR count). The predicted molar refractivity (Wildman–Crippen MR) is 66.9 cm³/mol. The molecular weight excluding hydrogens is 214 g/mol. The van der Waals surface area contributed by atoms with Crippen molar-refractivity contribution in [1.29, 1.82) is 0 Å². The topological polar surface area (TPSA) is 32.7 Å². The minimum atomic E-state index is -0.163. The Morgan fingerprint density at radius 1 is 1.00 bits per heavy atom. The first-order valence-electron chi connectivity index (χ1n) is 7.34. The van der Waals surface area contributed by atoms with Gasteiger partial charge in [0.25, 0.3) is 0 Å². The first kappa shape index (κ1) is 11.9. The van der Waals surface area contributed by atoms with Crippen molar-refractivity contribution in [3.63, 3.8) is 0 Å². The summed E-state index contributed by atoms with van der Waals surface area (Å²) in [5.74, 6) is 1.87. The summed E-state index contributed by atoms with van der Waals surface area (Å²) >= 11 is 0. The number of nitrogens with zero attached hydrogens (tertiary/aromatic N) is 1. The largest absolute Gasteiger partial charge is 0.391 e. The van der Waals surface area contributed by atoms with E-state index in [1.165, 1.54) is 45.2 Å². The van der Waals surface area contributed by atoms with Crippen LogP contribution < -0.4 is 0 Å². The highest BCUT2D eigenvalue weighted by molar-refractivity contribution is 4.89. The van der Waals surface area contributed by atoms with Gasteiger partial charge in [0.1, 0.15) is 0 Å². The fourth-order valence-electron chi connectivity index (χ4n) is 3.99. The molecule has 4 unspecified atom stereocenters. The van der Waals surface area contributed by atoms with Gasteiger partial charge >= 0.3 is 0 Å². The molecule has 17 heavy (non-hydrogen) atoms. The third kappa shape index (κ3) is 2.51. The van der Waals surface area contributed by atoms with Crippen molar-refractivity contribution >= 4 is 0 Å². The Kier molecular flexibility index (Phi) is 3.69. The van der Waals surface area contributed by atoms with Gasteiger partial charge in [-0.15, -0.1) is 0 Å². The predicted octanol–water partition coefficient (Wildman–Crippen LogP) is 1.65. The van der Waals surface area contributed by atoms with Crippen LogP contribution in [-0.4, -0.2) is 48.5 Å². The zero-order valence-corrected chi connectivity index (χ0v) is 10.7. The molecule has 0 radical (unpaired) electrons. The number of rotatable bonds is 1. The van der Waals surface area contributed by atoms with Gasteiger partial charge in [-0.3, -0.25) is 4.90 Å². The first-order valence-corrected chi connectivity index (χ1v) is 7.34. The molecule has 1 saturated carbocycles. The van der Waals surface area contributed by atoms with Crippen LogP contribution in [0, 0.1) is 11.8 Å². The molecule has 0 aromatic heterocycles. The highest BCUT2D eigenvalue weighted by Gasteiger charge is 2.36. The second kappa shape index (κ2) is 5.25. The van der Waals surface area contributed by atoms with E-state index in [1.54, 1.807) is 0 Å². The second-order valence-electron chi connectivity index (χ2n) is 6.09. The van der Waals surface area contributed by atoms with E-state index in [9.17, 15) is 5.11 Å². The van der Waals surface area contributed by atoms with Crippen molar-refractivity contribution in [1.82, 2.24) is 4.90 Å². The van der Waals surface area contributed by atoms with Crippen molar-refractivity contribution in [2.75, 3.05) is 26.3 Å². The summed E-state index contributed by atoms with van der Waals surface area (Å²) in [5.41, 5.74) is 0. The smallest absolute Gasteiger partial charge is 0.0739 e. The van der Waals surface area contributed by atoms with Gasteiger partial charge in [0.2, 0.25) is 0 Å². The van der Waals surface area contributed by atoms with Gasteiger partial charge in [-0.1, -0.05) is 19.3 Å². The molecule has 1 aliphatic carbocycles. The quantitative estimate of drug-likeness (QED) is 0.755. The van der Waals surface area contributed by atoms with Gasteiger partial charge in [0, 0.05) is 13.2 Å². The molecule has 0 amide bonds. The molecule has 0 spiro atoms. The van der Waals surface area contributed by atoms with E-state index in [1.807, 2.05) is 0 Å². The Balaban J connectivity index is 1.60. The van der Waals surface area contributed by atoms with Crippen LogP contribution >= 0.6 is 0 Å². The van der Waals surface area contributed by atoms with Crippen LogP contribution in [0.2, 0.25) is 0 Å². The lowest BCUT2D eigenvalue weighted by Crippen LogP contribution is -2.54. The lowest BCUT2D eigenvalue weighted by atomic mass is 9.74. The van der Waals surface area contributed by atoms with Crippen molar-refractivity contribution in [2.45, 2.75) is 50.7 Å². The molecule has 0 bridgehead atoms. The molecule has 1 N–H and O–H groups in total. The highest BCUT2D eigenvalue weighted by Crippen LogP contribution is 2.37. The highest BCUT2D eigenvalue weighted by atomic mass is 16.5. The van der Waals surface area contributed by atoms with Crippen LogP contribution in [0.25, 0.3) is 0 Å². The van der Waals surface area contributed by atoms with E-state index in [2.05, 4.69) is 4.90 Å². The van der Waals surface area contributed by atoms with Gasteiger partial charge in [0.05, 0.1) is 18.8 Å². The SMILES string of the molecule is OC1CCOCC1N1CCC2CCCCC2C1. The maximum absolute atomic E-state index is 10.1. The van der Waals surface area contributed by atoms with E-state index < -0.39 is 0 Å². The molecule has 3 heteroatoms. The summed E-state index contributed by atoms with van der Waals surface area (Å²) in [6, 6.07) is 0.270. The number of likely N-dealkylation sites (tertiary alicyclic amines) is 1. The maximum Gasteiger partial charge on any atom is 0.0739 e. The lowest BCUT2D eigenvalue weighted by Gasteiger charge is -2.46. The van der Waals surface area contributed by atoms with E-state index in [-0.39, 0.29) is 12.1 Å². The minimum absolute atomic E-state index is 0.163. The molecule has 3 fully saturated rings. The normalized spacial score (nSPS) is 44.3. The van der Waals surface area contributed by atoms with Crippen LogP contribution in [0.3, 0.4) is 0 Å². The average Bonchev–Trinajstić information content (AvgIpc) is 2.39. The van der Waals surface area contributed by atoms with Gasteiger partial charge in [-0.05, 0) is 37.6 Å². The maximum atomic E-state index is 10.1. The summed E-state index contributed by atoms with van der Waals surface area (Å²) in [7, 11) is 0. The van der Waals surface area contributed by atoms with E-state index in [4.69, 9.17) is 4.74 Å². The monoisotopic (exact) mass is 239 g/mol. The Hall–Kier alpha value is -0.120. The second-order valence-corrected chi connectivity index (χ2v) is 6.09. The van der Waals surface area contributed by atoms with Gasteiger partial charge in [-0.25, -0.2) is 0 Å². The Bertz CT molecular complexity index is 259. The molecular formula is C14H25NO2. The fraction of sp³-hybridized carbons (Fsp3) is 1.00. The standard InChI is InChI=1S/C14H25NO2/c16-14-6-8-17-10-13(14)15-7-5-11-3-1-2-4-12(11)9-15/h11-14,16H,1-10H2. The molecule has 2 heterocycles. The Labute approximate surface area is 104 Å². The zero-order valence-electron chi connectivity index (χ0n) is 10.7. The molecule has 3 nitrogen and oxygen atoms in total. The lowest BCUT2D eigenvalue weighted by molar-refractivity contribution is -0.0795. The van der Waals surface area contributed by atoms with E-state index in [0.29, 0.717) is 0 Å². The number of hydrogen-bond donors (Lipinski definition) is 1. The first-order chi connectivity index (χ1) is 8.34. The number of fused-ring (bicyclic) bond motifs is 1. The van der Waals surface area contributed by atoms with Gasteiger partial charge in [-0.2, -0.15) is 0 Å². The van der Waals surface area contributed by atoms with Crippen LogP contribution in [0.4, 0.5) is 0 Å². The van der Waals surface area contributed by atoms with Crippen LogP contribution in [0.5, 0.6) is 0 Å². The number of ether oxygens (including phenoxy) is 1. The third-order valence-electron chi connectivity index (χ3n) is 5.08. The summed E-state index contributed by atoms with van der Waals surface area (Å²) < 4.78 is 5.54. The van der Waals surface area contributed by atoms with Crippen molar-refractivity contribution in [3.05, 3.63) is 0 Å². The fourth-order valence-corrected chi connectivity index (χ4v) is 3.99. The summed E-state index contributed by atoms with van der Waals surface area (Å²) in [5, 5.41) is 10.1. The Morgan fingerprint density at radius 3 is 2.65 bits per heavy atom. The van der Waals surface area contributed by atoms with Crippen LogP contribution in [-0.2, 0) is 4.74 Å². The van der Waals surface area contributed by atoms with Crippen LogP contribution in [0.1, 0.15) is 38.5 Å². The summed E-state index contributed by atoms with van der Waals surface area (Å²) in [4.78, 5) is 2.51. The molecule has 98 valence electrons. The van der Waals surface area contributed by atoms with Crippen molar-refractivity contribution in [2.24, 2.45) is 11.8 Å².